The highest BCUT2D eigenvalue weighted by Gasteiger charge is 1.84. The smallest absolute Gasteiger partial charge is 0.217 e. The van der Waals surface area contributed by atoms with E-state index in [0.29, 0.717) is 6.42 Å². The molecule has 0 radical (unpaired) electrons. The van der Waals surface area contributed by atoms with Crippen LogP contribution < -0.4 is 11.1 Å². The molecule has 80 valence electrons. The van der Waals surface area contributed by atoms with Crippen molar-refractivity contribution >= 4 is 5.91 Å². The first-order valence-electron chi connectivity index (χ1n) is 5.17. The van der Waals surface area contributed by atoms with Crippen molar-refractivity contribution in [3.05, 3.63) is 0 Å². The summed E-state index contributed by atoms with van der Waals surface area (Å²) in [5.74, 6) is -0.211. The minimum absolute atomic E-state index is 0.211. The van der Waals surface area contributed by atoms with Crippen LogP contribution in [0.1, 0.15) is 46.5 Å². The van der Waals surface area contributed by atoms with Gasteiger partial charge in [0.25, 0.3) is 0 Å². The zero-order chi connectivity index (χ0) is 10.5. The summed E-state index contributed by atoms with van der Waals surface area (Å²) in [5, 5.41) is 3.25. The third-order valence-electron chi connectivity index (χ3n) is 1.45. The van der Waals surface area contributed by atoms with Crippen LogP contribution in [0.2, 0.25) is 0 Å². The lowest BCUT2D eigenvalue weighted by Gasteiger charge is -1.95. The van der Waals surface area contributed by atoms with E-state index in [1.165, 1.54) is 19.4 Å². The van der Waals surface area contributed by atoms with Crippen LogP contribution in [0.4, 0.5) is 0 Å². The first kappa shape index (κ1) is 14.9. The van der Waals surface area contributed by atoms with E-state index in [0.717, 1.165) is 13.0 Å². The van der Waals surface area contributed by atoms with Gasteiger partial charge in [-0.2, -0.15) is 0 Å². The van der Waals surface area contributed by atoms with Gasteiger partial charge in [-0.25, -0.2) is 0 Å². The summed E-state index contributed by atoms with van der Waals surface area (Å²) < 4.78 is 0. The average Bonchev–Trinajstić information content (AvgIpc) is 2.06. The van der Waals surface area contributed by atoms with Gasteiger partial charge in [-0.15, -0.1) is 0 Å². The molecule has 3 nitrogen and oxygen atoms in total. The fourth-order valence-corrected chi connectivity index (χ4v) is 0.725. The van der Waals surface area contributed by atoms with E-state index in [1.54, 1.807) is 0 Å². The Labute approximate surface area is 82.1 Å². The molecule has 0 fully saturated rings. The second-order valence-electron chi connectivity index (χ2n) is 2.92. The topological polar surface area (TPSA) is 55.1 Å². The Morgan fingerprint density at radius 2 is 1.85 bits per heavy atom. The molecule has 0 aliphatic rings. The van der Waals surface area contributed by atoms with Crippen molar-refractivity contribution in [2.45, 2.75) is 46.5 Å². The first-order chi connectivity index (χ1) is 6.18. The van der Waals surface area contributed by atoms with Gasteiger partial charge in [0.05, 0.1) is 0 Å². The monoisotopic (exact) mass is 188 g/mol. The third-order valence-corrected chi connectivity index (χ3v) is 1.45. The molecule has 3 heteroatoms. The Morgan fingerprint density at radius 3 is 2.08 bits per heavy atom. The Hall–Kier alpha value is -0.570. The van der Waals surface area contributed by atoms with E-state index >= 15 is 0 Å². The summed E-state index contributed by atoms with van der Waals surface area (Å²) in [4.78, 5) is 9.82. The number of carbonyl (C=O) groups is 1. The zero-order valence-electron chi connectivity index (χ0n) is 9.23. The predicted octanol–water partition coefficient (Wildman–Crippen LogP) is 1.67. The number of nitrogens with two attached hydrogens (primary N) is 1. The van der Waals surface area contributed by atoms with Gasteiger partial charge in [-0.3, -0.25) is 4.79 Å². The maximum absolute atomic E-state index is 9.82. The number of rotatable bonds is 6. The van der Waals surface area contributed by atoms with Crippen LogP contribution in [0.5, 0.6) is 0 Å². The summed E-state index contributed by atoms with van der Waals surface area (Å²) >= 11 is 0. The van der Waals surface area contributed by atoms with E-state index in [1.807, 2.05) is 6.92 Å². The zero-order valence-corrected chi connectivity index (χ0v) is 9.23. The maximum Gasteiger partial charge on any atom is 0.217 e. The molecular weight excluding hydrogens is 164 g/mol. The van der Waals surface area contributed by atoms with Crippen LogP contribution >= 0.6 is 0 Å². The quantitative estimate of drug-likeness (QED) is 0.623. The lowest BCUT2D eigenvalue weighted by molar-refractivity contribution is -0.118. The van der Waals surface area contributed by atoms with Crippen LogP contribution in [0.25, 0.3) is 0 Å². The van der Waals surface area contributed by atoms with Gasteiger partial charge in [0, 0.05) is 6.42 Å². The lowest BCUT2D eigenvalue weighted by Crippen LogP contribution is -2.13. The van der Waals surface area contributed by atoms with Crippen LogP contribution in [0, 0.1) is 0 Å². The molecule has 0 aliphatic heterocycles. The van der Waals surface area contributed by atoms with E-state index < -0.39 is 0 Å². The first-order valence-corrected chi connectivity index (χ1v) is 5.17. The number of amides is 1. The van der Waals surface area contributed by atoms with Gasteiger partial charge in [0.15, 0.2) is 0 Å². The summed E-state index contributed by atoms with van der Waals surface area (Å²) in [5.41, 5.74) is 4.76. The fourth-order valence-electron chi connectivity index (χ4n) is 0.725. The average molecular weight is 188 g/mol. The molecular formula is C10H24N2O. The molecule has 0 aromatic carbocycles. The van der Waals surface area contributed by atoms with E-state index in [2.05, 4.69) is 19.2 Å². The molecule has 0 spiro atoms. The number of carbonyl (C=O) groups excluding carboxylic acids is 1. The molecule has 0 rings (SSSR count). The standard InChI is InChI=1S/C6H15N.C4H9NO/c1-3-5-6-7-4-2;1-2-3-4(5)6/h7H,3-6H2,1-2H3;2-3H2,1H3,(H2,5,6). The van der Waals surface area contributed by atoms with Gasteiger partial charge in [-0.1, -0.05) is 27.2 Å². The number of nitrogens with one attached hydrogen (secondary N) is 1. The van der Waals surface area contributed by atoms with Crippen LogP contribution in [-0.2, 0) is 4.79 Å². The van der Waals surface area contributed by atoms with E-state index in [-0.39, 0.29) is 5.91 Å². The Morgan fingerprint density at radius 1 is 1.23 bits per heavy atom. The molecule has 0 aliphatic carbocycles. The third kappa shape index (κ3) is 24.6. The number of primary amides is 1. The summed E-state index contributed by atoms with van der Waals surface area (Å²) in [7, 11) is 0. The SMILES string of the molecule is CCCC(N)=O.CCCCNCC. The van der Waals surface area contributed by atoms with Gasteiger partial charge in [0.2, 0.25) is 5.91 Å². The molecule has 0 heterocycles. The highest BCUT2D eigenvalue weighted by Crippen LogP contribution is 1.80. The van der Waals surface area contributed by atoms with Crippen molar-refractivity contribution < 1.29 is 4.79 Å². The van der Waals surface area contributed by atoms with Gasteiger partial charge in [0.1, 0.15) is 0 Å². The van der Waals surface area contributed by atoms with Crippen molar-refractivity contribution in [3.8, 4) is 0 Å². The molecule has 0 aromatic heterocycles. The van der Waals surface area contributed by atoms with Crippen molar-refractivity contribution in [2.24, 2.45) is 5.73 Å². The summed E-state index contributed by atoms with van der Waals surface area (Å²) in [6.07, 6.45) is 3.98. The second kappa shape index (κ2) is 14.0. The number of hydrogen-bond donors (Lipinski definition) is 2. The van der Waals surface area contributed by atoms with Crippen LogP contribution in [0.15, 0.2) is 0 Å². The molecule has 13 heavy (non-hydrogen) atoms. The molecule has 0 saturated heterocycles. The maximum atomic E-state index is 9.82. The highest BCUT2D eigenvalue weighted by molar-refractivity contribution is 5.73. The predicted molar refractivity (Wildman–Crippen MR) is 57.6 cm³/mol. The fraction of sp³-hybridized carbons (Fsp3) is 0.900. The second-order valence-corrected chi connectivity index (χ2v) is 2.92. The Kier molecular flexibility index (Phi) is 16.1. The van der Waals surface area contributed by atoms with E-state index in [9.17, 15) is 4.79 Å². The molecule has 0 unspecified atom stereocenters. The van der Waals surface area contributed by atoms with Crippen molar-refractivity contribution in [2.75, 3.05) is 13.1 Å². The van der Waals surface area contributed by atoms with Gasteiger partial charge < -0.3 is 11.1 Å². The molecule has 0 atom stereocenters. The normalized spacial score (nSPS) is 8.85. The number of unbranched alkanes of at least 4 members (excludes halogenated alkanes) is 1. The Balaban J connectivity index is 0. The van der Waals surface area contributed by atoms with Gasteiger partial charge >= 0.3 is 0 Å². The Bertz CT molecular complexity index is 101. The minimum Gasteiger partial charge on any atom is -0.370 e. The largest absolute Gasteiger partial charge is 0.370 e. The van der Waals surface area contributed by atoms with Crippen molar-refractivity contribution in [1.29, 1.82) is 0 Å². The summed E-state index contributed by atoms with van der Waals surface area (Å²) in [6.45, 7) is 8.56. The molecule has 0 saturated carbocycles. The highest BCUT2D eigenvalue weighted by atomic mass is 16.1. The van der Waals surface area contributed by atoms with E-state index in [4.69, 9.17) is 5.73 Å². The van der Waals surface area contributed by atoms with Crippen molar-refractivity contribution in [3.63, 3.8) is 0 Å². The van der Waals surface area contributed by atoms with Crippen molar-refractivity contribution in [1.82, 2.24) is 5.32 Å². The lowest BCUT2D eigenvalue weighted by atomic mass is 10.3. The molecule has 0 aromatic rings. The van der Waals surface area contributed by atoms with Crippen LogP contribution in [0.3, 0.4) is 0 Å². The molecule has 1 amide bonds. The van der Waals surface area contributed by atoms with Crippen LogP contribution in [-0.4, -0.2) is 19.0 Å². The minimum atomic E-state index is -0.211. The summed E-state index contributed by atoms with van der Waals surface area (Å²) in [6, 6.07) is 0. The van der Waals surface area contributed by atoms with Gasteiger partial charge in [-0.05, 0) is 25.9 Å². The number of hydrogen-bond acceptors (Lipinski definition) is 2. The molecule has 3 N–H and O–H groups in total. The molecule has 0 bridgehead atoms.